The van der Waals surface area contributed by atoms with Crippen LogP contribution in [-0.4, -0.2) is 10.9 Å². The number of hydrogen-bond acceptors (Lipinski definition) is 3. The largest absolute Gasteiger partial charge is 0.457 e. The van der Waals surface area contributed by atoms with Crippen LogP contribution in [-0.2, 0) is 0 Å². The summed E-state index contributed by atoms with van der Waals surface area (Å²) in [6.07, 6.45) is 1.73. The molecular weight excluding hydrogens is 360 g/mol. The van der Waals surface area contributed by atoms with Gasteiger partial charge in [-0.25, -0.2) is 0 Å². The third-order valence-electron chi connectivity index (χ3n) is 4.49. The minimum atomic E-state index is -0.329. The van der Waals surface area contributed by atoms with Gasteiger partial charge in [0.2, 0.25) is 0 Å². The predicted molar refractivity (Wildman–Crippen MR) is 113 cm³/mol. The second kappa shape index (κ2) is 8.85. The number of nitrogens with one attached hydrogen (secondary N) is 1. The fourth-order valence-corrected chi connectivity index (χ4v) is 3.03. The Bertz CT molecular complexity index is 1010. The molecule has 4 heteroatoms. The van der Waals surface area contributed by atoms with Crippen molar-refractivity contribution in [2.24, 2.45) is 0 Å². The molecule has 4 aromatic rings. The van der Waals surface area contributed by atoms with E-state index in [1.54, 1.807) is 30.5 Å². The number of benzene rings is 3. The lowest BCUT2D eigenvalue weighted by molar-refractivity contribution is 0.0942. The summed E-state index contributed by atoms with van der Waals surface area (Å²) in [7, 11) is 0. The molecular formula is C25H20N2O2. The van der Waals surface area contributed by atoms with Crippen LogP contribution < -0.4 is 10.1 Å². The van der Waals surface area contributed by atoms with Crippen LogP contribution >= 0.6 is 0 Å². The number of carbonyl (C=O) groups is 1. The van der Waals surface area contributed by atoms with Crippen LogP contribution in [0.3, 0.4) is 0 Å². The molecule has 29 heavy (non-hydrogen) atoms. The van der Waals surface area contributed by atoms with Crippen molar-refractivity contribution in [1.29, 1.82) is 0 Å². The molecule has 1 N–H and O–H groups in total. The predicted octanol–water partition coefficient (Wildman–Crippen LogP) is 5.39. The third-order valence-corrected chi connectivity index (χ3v) is 4.49. The Balaban J connectivity index is 1.52. The second-order valence-electron chi connectivity index (χ2n) is 6.51. The Labute approximate surface area is 169 Å². The van der Waals surface area contributed by atoms with Gasteiger partial charge in [-0.05, 0) is 54.1 Å². The van der Waals surface area contributed by atoms with E-state index in [4.69, 9.17) is 4.74 Å². The summed E-state index contributed by atoms with van der Waals surface area (Å²) < 4.78 is 5.79. The van der Waals surface area contributed by atoms with Crippen LogP contribution in [0.2, 0.25) is 0 Å². The van der Waals surface area contributed by atoms with Gasteiger partial charge in [-0.15, -0.1) is 0 Å². The first-order chi connectivity index (χ1) is 14.3. The van der Waals surface area contributed by atoms with Crippen LogP contribution in [0.25, 0.3) is 0 Å². The highest BCUT2D eigenvalue weighted by Gasteiger charge is 2.18. The van der Waals surface area contributed by atoms with Crippen LogP contribution in [0.4, 0.5) is 0 Å². The van der Waals surface area contributed by atoms with E-state index in [2.05, 4.69) is 10.3 Å². The molecule has 4 nitrogen and oxygen atoms in total. The van der Waals surface area contributed by atoms with Gasteiger partial charge in [-0.1, -0.05) is 54.6 Å². The first-order valence-electron chi connectivity index (χ1n) is 9.39. The third kappa shape index (κ3) is 4.68. The lowest BCUT2D eigenvalue weighted by atomic mass is 10.0. The number of carbonyl (C=O) groups excluding carboxylic acids is 1. The van der Waals surface area contributed by atoms with Crippen molar-refractivity contribution in [2.75, 3.05) is 0 Å². The maximum atomic E-state index is 12.9. The number of ether oxygens (including phenoxy) is 1. The number of nitrogens with zero attached hydrogens (tertiary/aromatic N) is 1. The van der Waals surface area contributed by atoms with Crippen LogP contribution in [0, 0.1) is 0 Å². The highest BCUT2D eigenvalue weighted by atomic mass is 16.5. The van der Waals surface area contributed by atoms with Gasteiger partial charge in [0.25, 0.3) is 5.91 Å². The first kappa shape index (κ1) is 18.4. The Morgan fingerprint density at radius 3 is 2.00 bits per heavy atom. The van der Waals surface area contributed by atoms with E-state index in [-0.39, 0.29) is 11.9 Å². The summed E-state index contributed by atoms with van der Waals surface area (Å²) in [6, 6.07) is 31.8. The molecule has 0 bridgehead atoms. The second-order valence-corrected chi connectivity index (χ2v) is 6.51. The maximum Gasteiger partial charge on any atom is 0.252 e. The molecule has 142 valence electrons. The molecule has 0 aliphatic heterocycles. The topological polar surface area (TPSA) is 51.2 Å². The van der Waals surface area contributed by atoms with E-state index in [9.17, 15) is 4.79 Å². The first-order valence-corrected chi connectivity index (χ1v) is 9.39. The van der Waals surface area contributed by atoms with E-state index in [1.165, 1.54) is 0 Å². The molecule has 4 rings (SSSR count). The van der Waals surface area contributed by atoms with Crippen LogP contribution in [0.15, 0.2) is 109 Å². The van der Waals surface area contributed by atoms with E-state index in [1.807, 2.05) is 78.9 Å². The molecule has 1 amide bonds. The summed E-state index contributed by atoms with van der Waals surface area (Å²) in [5.74, 6) is 1.26. The fraction of sp³-hybridized carbons (Fsp3) is 0.0400. The number of rotatable bonds is 6. The smallest absolute Gasteiger partial charge is 0.252 e. The highest BCUT2D eigenvalue weighted by Crippen LogP contribution is 2.23. The highest BCUT2D eigenvalue weighted by molar-refractivity contribution is 5.94. The summed E-state index contributed by atoms with van der Waals surface area (Å²) in [5.41, 5.74) is 2.32. The number of pyridine rings is 1. The van der Waals surface area contributed by atoms with Gasteiger partial charge in [0.05, 0.1) is 11.7 Å². The SMILES string of the molecule is O=C(NC(c1ccccc1)c1ccccn1)c1ccc(Oc2ccccc2)cc1. The Morgan fingerprint density at radius 1 is 0.724 bits per heavy atom. The number of aromatic nitrogens is 1. The minimum absolute atomic E-state index is 0.171. The van der Waals surface area contributed by atoms with Gasteiger partial charge in [0.15, 0.2) is 0 Å². The van der Waals surface area contributed by atoms with E-state index < -0.39 is 0 Å². The van der Waals surface area contributed by atoms with Crippen molar-refractivity contribution in [3.63, 3.8) is 0 Å². The fourth-order valence-electron chi connectivity index (χ4n) is 3.03. The molecule has 0 aliphatic rings. The number of para-hydroxylation sites is 1. The van der Waals surface area contributed by atoms with Crippen molar-refractivity contribution < 1.29 is 9.53 Å². The molecule has 1 aromatic heterocycles. The number of hydrogen-bond donors (Lipinski definition) is 1. The average Bonchev–Trinajstić information content (AvgIpc) is 2.80. The monoisotopic (exact) mass is 380 g/mol. The quantitative estimate of drug-likeness (QED) is 0.488. The van der Waals surface area contributed by atoms with Gasteiger partial charge in [-0.2, -0.15) is 0 Å². The van der Waals surface area contributed by atoms with Gasteiger partial charge in [-0.3, -0.25) is 9.78 Å². The van der Waals surface area contributed by atoms with E-state index >= 15 is 0 Å². The summed E-state index contributed by atoms with van der Waals surface area (Å²) in [4.78, 5) is 17.3. The average molecular weight is 380 g/mol. The van der Waals surface area contributed by atoms with Gasteiger partial charge in [0.1, 0.15) is 11.5 Å². The zero-order valence-corrected chi connectivity index (χ0v) is 15.7. The molecule has 0 saturated carbocycles. The molecule has 0 saturated heterocycles. The molecule has 1 atom stereocenters. The molecule has 0 aliphatic carbocycles. The zero-order valence-electron chi connectivity index (χ0n) is 15.7. The summed E-state index contributed by atoms with van der Waals surface area (Å²) in [6.45, 7) is 0. The summed E-state index contributed by atoms with van der Waals surface area (Å²) >= 11 is 0. The van der Waals surface area contributed by atoms with Crippen molar-refractivity contribution >= 4 is 5.91 Å². The maximum absolute atomic E-state index is 12.9. The molecule has 1 unspecified atom stereocenters. The molecule has 3 aromatic carbocycles. The molecule has 1 heterocycles. The summed E-state index contributed by atoms with van der Waals surface area (Å²) in [5, 5.41) is 3.09. The molecule has 0 radical (unpaired) electrons. The molecule has 0 spiro atoms. The Kier molecular flexibility index (Phi) is 5.63. The van der Waals surface area contributed by atoms with Gasteiger partial charge in [0, 0.05) is 11.8 Å². The Hall–Kier alpha value is -3.92. The normalized spacial score (nSPS) is 11.4. The van der Waals surface area contributed by atoms with Crippen LogP contribution in [0.5, 0.6) is 11.5 Å². The van der Waals surface area contributed by atoms with Crippen molar-refractivity contribution in [3.8, 4) is 11.5 Å². The van der Waals surface area contributed by atoms with Crippen molar-refractivity contribution in [1.82, 2.24) is 10.3 Å². The minimum Gasteiger partial charge on any atom is -0.457 e. The zero-order chi connectivity index (χ0) is 19.9. The molecule has 0 fully saturated rings. The van der Waals surface area contributed by atoms with E-state index in [0.717, 1.165) is 17.0 Å². The van der Waals surface area contributed by atoms with Gasteiger partial charge < -0.3 is 10.1 Å². The lowest BCUT2D eigenvalue weighted by Crippen LogP contribution is -2.29. The van der Waals surface area contributed by atoms with Crippen molar-refractivity contribution in [3.05, 3.63) is 126 Å². The standard InChI is InChI=1S/C25H20N2O2/c28-25(20-14-16-22(17-15-20)29-21-11-5-2-6-12-21)27-24(19-9-3-1-4-10-19)23-13-7-8-18-26-23/h1-18,24H,(H,27,28). The number of amides is 1. The van der Waals surface area contributed by atoms with E-state index in [0.29, 0.717) is 11.3 Å². The lowest BCUT2D eigenvalue weighted by Gasteiger charge is -2.19. The Morgan fingerprint density at radius 2 is 1.34 bits per heavy atom. The van der Waals surface area contributed by atoms with Crippen LogP contribution in [0.1, 0.15) is 27.7 Å². The van der Waals surface area contributed by atoms with Crippen molar-refractivity contribution in [2.45, 2.75) is 6.04 Å². The van der Waals surface area contributed by atoms with Gasteiger partial charge >= 0.3 is 0 Å².